The Bertz CT molecular complexity index is 740. The van der Waals surface area contributed by atoms with Gasteiger partial charge in [-0.05, 0) is 37.3 Å². The van der Waals surface area contributed by atoms with Gasteiger partial charge in [-0.2, -0.15) is 0 Å². The molecule has 1 atom stereocenters. The van der Waals surface area contributed by atoms with Crippen molar-refractivity contribution in [1.29, 1.82) is 0 Å². The van der Waals surface area contributed by atoms with Gasteiger partial charge in [0.1, 0.15) is 11.5 Å². The second kappa shape index (κ2) is 6.37. The Morgan fingerprint density at radius 1 is 0.909 bits per heavy atom. The fourth-order valence-corrected chi connectivity index (χ4v) is 2.18. The Morgan fingerprint density at radius 2 is 1.68 bits per heavy atom. The lowest BCUT2D eigenvalue weighted by Gasteiger charge is -2.13. The highest BCUT2D eigenvalue weighted by molar-refractivity contribution is 5.54. The standard InChI is InChI=1S/C18H17N3O/c1-13(19)15-6-2-3-8-18(15)22-14-9-10-17(21-12-14)16-7-4-5-11-20-16/h2-13H,19H2,1H3. The van der Waals surface area contributed by atoms with Gasteiger partial charge in [0.05, 0.1) is 17.6 Å². The average molecular weight is 291 g/mol. The maximum atomic E-state index is 5.96. The molecule has 0 aliphatic carbocycles. The zero-order valence-corrected chi connectivity index (χ0v) is 12.3. The molecule has 0 saturated heterocycles. The molecule has 0 saturated carbocycles. The Labute approximate surface area is 129 Å². The van der Waals surface area contributed by atoms with Gasteiger partial charge in [0, 0.05) is 17.8 Å². The summed E-state index contributed by atoms with van der Waals surface area (Å²) in [4.78, 5) is 8.68. The summed E-state index contributed by atoms with van der Waals surface area (Å²) >= 11 is 0. The highest BCUT2D eigenvalue weighted by Gasteiger charge is 2.08. The second-order valence-corrected chi connectivity index (χ2v) is 5.02. The molecule has 22 heavy (non-hydrogen) atoms. The van der Waals surface area contributed by atoms with E-state index in [4.69, 9.17) is 10.5 Å². The van der Waals surface area contributed by atoms with Gasteiger partial charge >= 0.3 is 0 Å². The molecule has 0 radical (unpaired) electrons. The van der Waals surface area contributed by atoms with Crippen LogP contribution in [0.1, 0.15) is 18.5 Å². The minimum atomic E-state index is -0.0862. The van der Waals surface area contributed by atoms with Crippen LogP contribution < -0.4 is 10.5 Å². The summed E-state index contributed by atoms with van der Waals surface area (Å²) in [5.74, 6) is 1.43. The van der Waals surface area contributed by atoms with Crippen LogP contribution in [-0.2, 0) is 0 Å². The quantitative estimate of drug-likeness (QED) is 0.790. The highest BCUT2D eigenvalue weighted by Crippen LogP contribution is 2.28. The molecule has 0 aliphatic heterocycles. The van der Waals surface area contributed by atoms with Gasteiger partial charge in [0.25, 0.3) is 0 Å². The minimum Gasteiger partial charge on any atom is -0.455 e. The van der Waals surface area contributed by atoms with Crippen LogP contribution in [0.4, 0.5) is 0 Å². The first-order valence-corrected chi connectivity index (χ1v) is 7.14. The monoisotopic (exact) mass is 291 g/mol. The Balaban J connectivity index is 1.83. The molecule has 4 nitrogen and oxygen atoms in total. The molecule has 1 aromatic carbocycles. The minimum absolute atomic E-state index is 0.0862. The molecular weight excluding hydrogens is 274 g/mol. The molecule has 3 aromatic rings. The van der Waals surface area contributed by atoms with Crippen LogP contribution in [0.3, 0.4) is 0 Å². The fraction of sp³-hybridized carbons (Fsp3) is 0.111. The van der Waals surface area contributed by atoms with Crippen LogP contribution in [0, 0.1) is 0 Å². The zero-order valence-electron chi connectivity index (χ0n) is 12.3. The Hall–Kier alpha value is -2.72. The van der Waals surface area contributed by atoms with Gasteiger partial charge < -0.3 is 10.5 Å². The summed E-state index contributed by atoms with van der Waals surface area (Å²) in [6, 6.07) is 17.2. The van der Waals surface area contributed by atoms with Gasteiger partial charge in [-0.1, -0.05) is 24.3 Å². The third-order valence-corrected chi connectivity index (χ3v) is 3.30. The number of nitrogens with zero attached hydrogens (tertiary/aromatic N) is 2. The largest absolute Gasteiger partial charge is 0.455 e. The van der Waals surface area contributed by atoms with E-state index in [1.807, 2.05) is 61.5 Å². The average Bonchev–Trinajstić information content (AvgIpc) is 2.57. The lowest BCUT2D eigenvalue weighted by atomic mass is 10.1. The number of rotatable bonds is 4. The smallest absolute Gasteiger partial charge is 0.145 e. The number of aromatic nitrogens is 2. The molecule has 110 valence electrons. The number of para-hydroxylation sites is 1. The van der Waals surface area contributed by atoms with E-state index >= 15 is 0 Å². The van der Waals surface area contributed by atoms with E-state index in [-0.39, 0.29) is 6.04 Å². The van der Waals surface area contributed by atoms with E-state index in [0.29, 0.717) is 5.75 Å². The maximum Gasteiger partial charge on any atom is 0.145 e. The Morgan fingerprint density at radius 3 is 2.36 bits per heavy atom. The molecule has 0 aliphatic rings. The van der Waals surface area contributed by atoms with Crippen LogP contribution in [0.5, 0.6) is 11.5 Å². The SMILES string of the molecule is CC(N)c1ccccc1Oc1ccc(-c2ccccn2)nc1. The van der Waals surface area contributed by atoms with E-state index in [1.165, 1.54) is 0 Å². The summed E-state index contributed by atoms with van der Waals surface area (Å²) in [7, 11) is 0. The van der Waals surface area contributed by atoms with E-state index in [1.54, 1.807) is 12.4 Å². The van der Waals surface area contributed by atoms with Crippen molar-refractivity contribution < 1.29 is 4.74 Å². The highest BCUT2D eigenvalue weighted by atomic mass is 16.5. The first-order chi connectivity index (χ1) is 10.7. The molecular formula is C18H17N3O. The van der Waals surface area contributed by atoms with Crippen LogP contribution in [0.25, 0.3) is 11.4 Å². The van der Waals surface area contributed by atoms with E-state index < -0.39 is 0 Å². The first-order valence-electron chi connectivity index (χ1n) is 7.14. The number of benzene rings is 1. The molecule has 0 fully saturated rings. The third kappa shape index (κ3) is 3.13. The van der Waals surface area contributed by atoms with Gasteiger partial charge in [-0.15, -0.1) is 0 Å². The van der Waals surface area contributed by atoms with Crippen molar-refractivity contribution in [2.24, 2.45) is 5.73 Å². The molecule has 4 heteroatoms. The van der Waals surface area contributed by atoms with E-state index in [9.17, 15) is 0 Å². The molecule has 3 rings (SSSR count). The number of nitrogens with two attached hydrogens (primary N) is 1. The lowest BCUT2D eigenvalue weighted by Crippen LogP contribution is -2.06. The molecule has 0 bridgehead atoms. The summed E-state index contributed by atoms with van der Waals surface area (Å²) in [6.45, 7) is 1.94. The van der Waals surface area contributed by atoms with Gasteiger partial charge in [0.2, 0.25) is 0 Å². The van der Waals surface area contributed by atoms with Crippen LogP contribution in [0.15, 0.2) is 67.0 Å². The predicted molar refractivity (Wildman–Crippen MR) is 86.6 cm³/mol. The third-order valence-electron chi connectivity index (χ3n) is 3.30. The Kier molecular flexibility index (Phi) is 4.12. The van der Waals surface area contributed by atoms with Crippen molar-refractivity contribution in [3.05, 3.63) is 72.6 Å². The van der Waals surface area contributed by atoms with Gasteiger partial charge in [-0.3, -0.25) is 9.97 Å². The van der Waals surface area contributed by atoms with Crippen molar-refractivity contribution >= 4 is 0 Å². The maximum absolute atomic E-state index is 5.96. The number of ether oxygens (including phenoxy) is 1. The lowest BCUT2D eigenvalue weighted by molar-refractivity contribution is 0.470. The van der Waals surface area contributed by atoms with Crippen molar-refractivity contribution in [2.75, 3.05) is 0 Å². The second-order valence-electron chi connectivity index (χ2n) is 5.02. The normalized spacial score (nSPS) is 11.9. The molecule has 2 N–H and O–H groups in total. The number of hydrogen-bond acceptors (Lipinski definition) is 4. The molecule has 2 heterocycles. The summed E-state index contributed by atoms with van der Waals surface area (Å²) in [5.41, 5.74) is 8.58. The van der Waals surface area contributed by atoms with Crippen LogP contribution >= 0.6 is 0 Å². The molecule has 1 unspecified atom stereocenters. The molecule has 0 spiro atoms. The van der Waals surface area contributed by atoms with Crippen molar-refractivity contribution in [1.82, 2.24) is 9.97 Å². The summed E-state index contributed by atoms with van der Waals surface area (Å²) < 4.78 is 5.90. The van der Waals surface area contributed by atoms with Gasteiger partial charge in [0.15, 0.2) is 0 Å². The summed E-state index contributed by atoms with van der Waals surface area (Å²) in [5, 5.41) is 0. The van der Waals surface area contributed by atoms with E-state index in [2.05, 4.69) is 9.97 Å². The van der Waals surface area contributed by atoms with Crippen LogP contribution in [0.2, 0.25) is 0 Å². The molecule has 2 aromatic heterocycles. The van der Waals surface area contributed by atoms with Crippen LogP contribution in [-0.4, -0.2) is 9.97 Å². The fourth-order valence-electron chi connectivity index (χ4n) is 2.18. The number of hydrogen-bond donors (Lipinski definition) is 1. The predicted octanol–water partition coefficient (Wildman–Crippen LogP) is 3.96. The molecule has 0 amide bonds. The zero-order chi connectivity index (χ0) is 15.4. The first kappa shape index (κ1) is 14.2. The topological polar surface area (TPSA) is 61.0 Å². The summed E-state index contributed by atoms with van der Waals surface area (Å²) in [6.07, 6.45) is 3.45. The van der Waals surface area contributed by atoms with Crippen molar-refractivity contribution in [3.8, 4) is 22.9 Å². The van der Waals surface area contributed by atoms with Crippen molar-refractivity contribution in [2.45, 2.75) is 13.0 Å². The number of pyridine rings is 2. The van der Waals surface area contributed by atoms with Gasteiger partial charge in [-0.25, -0.2) is 0 Å². The van der Waals surface area contributed by atoms with E-state index in [0.717, 1.165) is 22.7 Å². The van der Waals surface area contributed by atoms with Crippen molar-refractivity contribution in [3.63, 3.8) is 0 Å².